The molecule has 4 atom stereocenters. The number of hydrogen-bond acceptors (Lipinski definition) is 0. The second kappa shape index (κ2) is 10.9. The molecule has 0 nitrogen and oxygen atoms in total. The molecule has 0 radical (unpaired) electrons. The second-order valence-corrected chi connectivity index (χ2v) is 10.6. The van der Waals surface area contributed by atoms with Crippen molar-refractivity contribution in [2.75, 3.05) is 0 Å². The molecule has 0 spiro atoms. The lowest BCUT2D eigenvalue weighted by Crippen LogP contribution is -2.30. The van der Waals surface area contributed by atoms with Gasteiger partial charge in [-0.1, -0.05) is 57.6 Å². The maximum Gasteiger partial charge on any atom is 0.131 e. The first-order valence-corrected chi connectivity index (χ1v) is 13.1. The molecule has 2 heteroatoms. The Labute approximate surface area is 193 Å². The van der Waals surface area contributed by atoms with E-state index in [2.05, 4.69) is 13.5 Å². The van der Waals surface area contributed by atoms with Crippen LogP contribution in [0, 0.1) is 29.4 Å². The van der Waals surface area contributed by atoms with E-state index in [1.807, 2.05) is 18.2 Å². The van der Waals surface area contributed by atoms with Crippen molar-refractivity contribution >= 4 is 10.8 Å². The fourth-order valence-corrected chi connectivity index (χ4v) is 6.53. The summed E-state index contributed by atoms with van der Waals surface area (Å²) >= 11 is 0. The van der Waals surface area contributed by atoms with Crippen molar-refractivity contribution in [3.63, 3.8) is 0 Å². The summed E-state index contributed by atoms with van der Waals surface area (Å²) in [6.07, 6.45) is 17.6. The van der Waals surface area contributed by atoms with Gasteiger partial charge >= 0.3 is 0 Å². The maximum absolute atomic E-state index is 15.2. The van der Waals surface area contributed by atoms with Gasteiger partial charge in [0.2, 0.25) is 0 Å². The molecule has 2 fully saturated rings. The zero-order valence-corrected chi connectivity index (χ0v) is 19.9. The lowest BCUT2D eigenvalue weighted by atomic mass is 9.63. The highest BCUT2D eigenvalue weighted by Crippen LogP contribution is 2.49. The van der Waals surface area contributed by atoms with Crippen LogP contribution >= 0.6 is 0 Å². The molecule has 0 amide bonds. The first-order chi connectivity index (χ1) is 15.6. The molecule has 0 N–H and O–H groups in total. The van der Waals surface area contributed by atoms with E-state index in [-0.39, 0.29) is 17.6 Å². The van der Waals surface area contributed by atoms with Crippen molar-refractivity contribution < 1.29 is 8.78 Å². The quantitative estimate of drug-likeness (QED) is 0.270. The van der Waals surface area contributed by atoms with Crippen molar-refractivity contribution in [2.45, 2.75) is 96.3 Å². The summed E-state index contributed by atoms with van der Waals surface area (Å²) in [6.45, 7) is 6.01. The first kappa shape index (κ1) is 23.5. The molecule has 2 aliphatic rings. The van der Waals surface area contributed by atoms with Gasteiger partial charge in [0.25, 0.3) is 0 Å². The third kappa shape index (κ3) is 5.43. The summed E-state index contributed by atoms with van der Waals surface area (Å²) in [5.74, 6) is 2.32. The number of allylic oxidation sites excluding steroid dienone is 1. The van der Waals surface area contributed by atoms with Gasteiger partial charge < -0.3 is 0 Å². The molecule has 2 aliphatic carbocycles. The number of unbranched alkanes of at least 4 members (excludes halogenated alkanes) is 3. The molecular weight excluding hydrogens is 398 g/mol. The van der Waals surface area contributed by atoms with Crippen LogP contribution in [0.25, 0.3) is 10.8 Å². The average molecular weight is 439 g/mol. The SMILES string of the molecule is C=CCCc1cc(F)c2cc(C3CCC4CC(CCCCCC)CCC4C3)c(F)cc2c1. The summed E-state index contributed by atoms with van der Waals surface area (Å²) in [6, 6.07) is 6.95. The third-order valence-corrected chi connectivity index (χ3v) is 8.34. The van der Waals surface area contributed by atoms with Crippen LogP contribution in [0.1, 0.15) is 101 Å². The first-order valence-electron chi connectivity index (χ1n) is 13.1. The predicted molar refractivity (Wildman–Crippen MR) is 132 cm³/mol. The summed E-state index contributed by atoms with van der Waals surface area (Å²) in [4.78, 5) is 0. The van der Waals surface area contributed by atoms with E-state index in [1.165, 1.54) is 57.8 Å². The molecule has 2 aromatic carbocycles. The van der Waals surface area contributed by atoms with Gasteiger partial charge in [0.05, 0.1) is 0 Å². The third-order valence-electron chi connectivity index (χ3n) is 8.34. The van der Waals surface area contributed by atoms with Crippen LogP contribution in [0.15, 0.2) is 36.9 Å². The Balaban J connectivity index is 1.43. The molecular formula is C30H40F2. The monoisotopic (exact) mass is 438 g/mol. The highest BCUT2D eigenvalue weighted by Gasteiger charge is 2.36. The fraction of sp³-hybridized carbons (Fsp3) is 0.600. The Bertz CT molecular complexity index is 915. The van der Waals surface area contributed by atoms with Gasteiger partial charge in [-0.3, -0.25) is 0 Å². The van der Waals surface area contributed by atoms with Crippen LogP contribution in [0.4, 0.5) is 8.78 Å². The van der Waals surface area contributed by atoms with E-state index in [9.17, 15) is 4.39 Å². The molecule has 0 aliphatic heterocycles. The van der Waals surface area contributed by atoms with E-state index in [4.69, 9.17) is 0 Å². The molecule has 0 aromatic heterocycles. The minimum Gasteiger partial charge on any atom is -0.207 e. The minimum absolute atomic E-state index is 0.147. The molecule has 32 heavy (non-hydrogen) atoms. The van der Waals surface area contributed by atoms with Crippen LogP contribution in [-0.2, 0) is 6.42 Å². The summed E-state index contributed by atoms with van der Waals surface area (Å²) in [5.41, 5.74) is 1.66. The van der Waals surface area contributed by atoms with Crippen molar-refractivity contribution in [1.29, 1.82) is 0 Å². The molecule has 4 unspecified atom stereocenters. The predicted octanol–water partition coefficient (Wildman–Crippen LogP) is 9.51. The van der Waals surface area contributed by atoms with Crippen molar-refractivity contribution in [3.05, 3.63) is 59.7 Å². The topological polar surface area (TPSA) is 0 Å². The Morgan fingerprint density at radius 1 is 0.906 bits per heavy atom. The zero-order valence-electron chi connectivity index (χ0n) is 19.9. The molecule has 0 saturated heterocycles. The number of fused-ring (bicyclic) bond motifs is 2. The van der Waals surface area contributed by atoms with E-state index in [0.29, 0.717) is 10.8 Å². The average Bonchev–Trinajstić information content (AvgIpc) is 2.79. The Morgan fingerprint density at radius 2 is 1.72 bits per heavy atom. The maximum atomic E-state index is 15.2. The van der Waals surface area contributed by atoms with E-state index in [1.54, 1.807) is 12.1 Å². The van der Waals surface area contributed by atoms with Gasteiger partial charge in [0.1, 0.15) is 11.6 Å². The van der Waals surface area contributed by atoms with Crippen LogP contribution in [0.3, 0.4) is 0 Å². The Hall–Kier alpha value is -1.70. The number of aryl methyl sites for hydroxylation is 1. The van der Waals surface area contributed by atoms with Crippen LogP contribution in [0.5, 0.6) is 0 Å². The smallest absolute Gasteiger partial charge is 0.131 e. The van der Waals surface area contributed by atoms with Gasteiger partial charge in [0.15, 0.2) is 0 Å². The molecule has 0 heterocycles. The van der Waals surface area contributed by atoms with Gasteiger partial charge in [-0.2, -0.15) is 0 Å². The second-order valence-electron chi connectivity index (χ2n) is 10.6. The lowest BCUT2D eigenvalue weighted by Gasteiger charge is -2.42. The summed E-state index contributed by atoms with van der Waals surface area (Å²) in [7, 11) is 0. The molecule has 4 rings (SSSR count). The number of benzene rings is 2. The number of halogens is 2. The van der Waals surface area contributed by atoms with Gasteiger partial charge in [-0.05, 0) is 103 Å². The number of hydrogen-bond donors (Lipinski definition) is 0. The van der Waals surface area contributed by atoms with Crippen molar-refractivity contribution in [1.82, 2.24) is 0 Å². The van der Waals surface area contributed by atoms with E-state index in [0.717, 1.165) is 54.6 Å². The molecule has 174 valence electrons. The van der Waals surface area contributed by atoms with Gasteiger partial charge in [-0.25, -0.2) is 8.78 Å². The lowest BCUT2D eigenvalue weighted by molar-refractivity contribution is 0.112. The molecule has 2 saturated carbocycles. The Morgan fingerprint density at radius 3 is 2.53 bits per heavy atom. The summed E-state index contributed by atoms with van der Waals surface area (Å²) < 4.78 is 30.0. The van der Waals surface area contributed by atoms with Gasteiger partial charge in [-0.15, -0.1) is 6.58 Å². The normalized spacial score (nSPS) is 25.6. The van der Waals surface area contributed by atoms with Crippen molar-refractivity contribution in [2.24, 2.45) is 17.8 Å². The Kier molecular flexibility index (Phi) is 8.02. The van der Waals surface area contributed by atoms with Crippen molar-refractivity contribution in [3.8, 4) is 0 Å². The summed E-state index contributed by atoms with van der Waals surface area (Å²) in [5, 5.41) is 1.25. The van der Waals surface area contributed by atoms with Crippen LogP contribution in [-0.4, -0.2) is 0 Å². The molecule has 2 aromatic rings. The standard InChI is InChI=1S/C30H40F2/c1-3-5-7-8-10-21-11-12-24-18-25(14-13-23(24)15-21)27-20-28-26(19-30(27)32)16-22(9-6-4-2)17-29(28)31/h4,16-17,19-21,23-25H,2-3,5-15,18H2,1H3. The fourth-order valence-electron chi connectivity index (χ4n) is 6.53. The number of rotatable bonds is 9. The highest BCUT2D eigenvalue weighted by atomic mass is 19.1. The van der Waals surface area contributed by atoms with Crippen LogP contribution in [0.2, 0.25) is 0 Å². The minimum atomic E-state index is -0.222. The highest BCUT2D eigenvalue weighted by molar-refractivity contribution is 5.85. The zero-order chi connectivity index (χ0) is 22.5. The van der Waals surface area contributed by atoms with Crippen LogP contribution < -0.4 is 0 Å². The molecule has 0 bridgehead atoms. The van der Waals surface area contributed by atoms with E-state index < -0.39 is 0 Å². The van der Waals surface area contributed by atoms with Gasteiger partial charge in [0, 0.05) is 5.39 Å². The van der Waals surface area contributed by atoms with E-state index >= 15 is 4.39 Å². The largest absolute Gasteiger partial charge is 0.207 e.